The number of likely N-dealkylation sites (tertiary alicyclic amines) is 1. The van der Waals surface area contributed by atoms with E-state index in [1.54, 1.807) is 6.07 Å². The van der Waals surface area contributed by atoms with Crippen molar-refractivity contribution in [3.05, 3.63) is 100 Å². The van der Waals surface area contributed by atoms with Gasteiger partial charge in [-0.15, -0.1) is 0 Å². The molecule has 7 nitrogen and oxygen atoms in total. The Morgan fingerprint density at radius 2 is 1.52 bits per heavy atom. The second kappa shape index (κ2) is 12.3. The van der Waals surface area contributed by atoms with Gasteiger partial charge in [0.1, 0.15) is 12.2 Å². The summed E-state index contributed by atoms with van der Waals surface area (Å²) >= 11 is 12.8. The van der Waals surface area contributed by atoms with E-state index in [0.717, 1.165) is 55.7 Å². The maximum atomic E-state index is 13.0. The van der Waals surface area contributed by atoms with E-state index in [-0.39, 0.29) is 18.6 Å². The lowest BCUT2D eigenvalue weighted by molar-refractivity contribution is -0.141. The summed E-state index contributed by atoms with van der Waals surface area (Å²) in [6.07, 6.45) is 2.89. The molecule has 2 amide bonds. The Hall–Kier alpha value is -3.10. The van der Waals surface area contributed by atoms with Crippen LogP contribution in [0.25, 0.3) is 0 Å². The van der Waals surface area contributed by atoms with Crippen molar-refractivity contribution in [3.63, 3.8) is 0 Å². The second-order valence-corrected chi connectivity index (χ2v) is 12.2. The maximum Gasteiger partial charge on any atom is 0.410 e. The number of morpholine rings is 1. The quantitative estimate of drug-likeness (QED) is 0.308. The van der Waals surface area contributed by atoms with Crippen molar-refractivity contribution in [3.8, 4) is 0 Å². The van der Waals surface area contributed by atoms with E-state index >= 15 is 0 Å². The molecule has 0 aliphatic carbocycles. The van der Waals surface area contributed by atoms with E-state index in [2.05, 4.69) is 17.0 Å². The van der Waals surface area contributed by atoms with Crippen molar-refractivity contribution in [1.82, 2.24) is 9.80 Å². The number of para-hydroxylation sites is 1. The van der Waals surface area contributed by atoms with Crippen LogP contribution in [0.1, 0.15) is 36.8 Å². The first kappa shape index (κ1) is 29.0. The zero-order chi connectivity index (χ0) is 29.2. The topological polar surface area (TPSA) is 62.3 Å². The molecule has 0 bridgehead atoms. The van der Waals surface area contributed by atoms with Crippen molar-refractivity contribution >= 4 is 40.9 Å². The zero-order valence-corrected chi connectivity index (χ0v) is 25.0. The Balaban J connectivity index is 1.24. The number of nitrogens with zero attached hydrogens (tertiary/aromatic N) is 3. The fourth-order valence-corrected chi connectivity index (χ4v) is 6.95. The highest BCUT2D eigenvalue weighted by atomic mass is 35.5. The molecule has 9 heteroatoms. The van der Waals surface area contributed by atoms with Crippen LogP contribution in [0.5, 0.6) is 0 Å². The van der Waals surface area contributed by atoms with Gasteiger partial charge in [0.2, 0.25) is 0 Å². The Morgan fingerprint density at radius 1 is 0.810 bits per heavy atom. The van der Waals surface area contributed by atoms with Gasteiger partial charge in [-0.3, -0.25) is 9.69 Å². The van der Waals surface area contributed by atoms with Gasteiger partial charge < -0.3 is 19.3 Å². The average Bonchev–Trinajstić information content (AvgIpc) is 3.03. The third kappa shape index (κ3) is 5.63. The van der Waals surface area contributed by atoms with Gasteiger partial charge in [0.15, 0.2) is 0 Å². The summed E-state index contributed by atoms with van der Waals surface area (Å²) in [6.45, 7) is 3.91. The Bertz CT molecular complexity index is 1420. The molecule has 3 aromatic rings. The van der Waals surface area contributed by atoms with Crippen LogP contribution in [0, 0.1) is 0 Å². The molecular weight excluding hydrogens is 573 g/mol. The molecule has 0 saturated carbocycles. The summed E-state index contributed by atoms with van der Waals surface area (Å²) in [5, 5.41) is 0.936. The van der Waals surface area contributed by atoms with Gasteiger partial charge in [-0.25, -0.2) is 4.79 Å². The molecule has 1 unspecified atom stereocenters. The number of rotatable bonds is 7. The smallest absolute Gasteiger partial charge is 0.410 e. The molecule has 0 N–H and O–H groups in total. The van der Waals surface area contributed by atoms with Crippen LogP contribution in [0.2, 0.25) is 10.0 Å². The van der Waals surface area contributed by atoms with E-state index in [0.29, 0.717) is 36.2 Å². The number of halogens is 2. The zero-order valence-electron chi connectivity index (χ0n) is 23.5. The molecule has 1 atom stereocenters. The summed E-state index contributed by atoms with van der Waals surface area (Å²) in [4.78, 5) is 32.2. The highest BCUT2D eigenvalue weighted by Crippen LogP contribution is 2.42. The molecule has 3 aromatic carbocycles. The molecule has 3 saturated heterocycles. The standard InChI is InChI=1S/C33H35Cl2N3O4/c34-28-13-12-26(22-29(28)35)33(24-37(30(39)23-42-33)27-10-5-2-6-11-27)16-20-36-18-14-32(15-19-36,25-8-3-1-4-9-25)38-17-7-21-41-31(38)40/h1-6,8-13,22H,7,14-21,23-24H2. The molecule has 42 heavy (non-hydrogen) atoms. The lowest BCUT2D eigenvalue weighted by Gasteiger charge is -2.50. The minimum absolute atomic E-state index is 0.0245. The largest absolute Gasteiger partial charge is 0.449 e. The van der Waals surface area contributed by atoms with Crippen LogP contribution in [0.3, 0.4) is 0 Å². The maximum absolute atomic E-state index is 13.0. The summed E-state index contributed by atoms with van der Waals surface area (Å²) in [7, 11) is 0. The predicted molar refractivity (Wildman–Crippen MR) is 164 cm³/mol. The van der Waals surface area contributed by atoms with E-state index in [1.807, 2.05) is 70.5 Å². The van der Waals surface area contributed by atoms with Crippen LogP contribution < -0.4 is 4.90 Å². The normalized spacial score (nSPS) is 23.1. The Kier molecular flexibility index (Phi) is 8.46. The van der Waals surface area contributed by atoms with E-state index in [1.165, 1.54) is 0 Å². The highest BCUT2D eigenvalue weighted by Gasteiger charge is 2.47. The van der Waals surface area contributed by atoms with Crippen LogP contribution in [-0.2, 0) is 25.4 Å². The van der Waals surface area contributed by atoms with Crippen LogP contribution >= 0.6 is 23.2 Å². The number of hydrogen-bond acceptors (Lipinski definition) is 5. The second-order valence-electron chi connectivity index (χ2n) is 11.3. The first-order valence-electron chi connectivity index (χ1n) is 14.6. The summed E-state index contributed by atoms with van der Waals surface area (Å²) < 4.78 is 11.9. The van der Waals surface area contributed by atoms with Gasteiger partial charge in [0, 0.05) is 31.9 Å². The first-order valence-corrected chi connectivity index (χ1v) is 15.3. The molecule has 0 radical (unpaired) electrons. The van der Waals surface area contributed by atoms with Crippen molar-refractivity contribution in [2.75, 3.05) is 50.8 Å². The van der Waals surface area contributed by atoms with Gasteiger partial charge in [-0.1, -0.05) is 77.8 Å². The van der Waals surface area contributed by atoms with Crippen LogP contribution in [0.4, 0.5) is 10.5 Å². The summed E-state index contributed by atoms with van der Waals surface area (Å²) in [5.41, 5.74) is 1.74. The minimum Gasteiger partial charge on any atom is -0.449 e. The molecular formula is C33H35Cl2N3O4. The van der Waals surface area contributed by atoms with Crippen LogP contribution in [0.15, 0.2) is 78.9 Å². The number of carbonyl (C=O) groups excluding carboxylic acids is 2. The Morgan fingerprint density at radius 3 is 2.21 bits per heavy atom. The molecule has 220 valence electrons. The number of benzene rings is 3. The number of anilines is 1. The van der Waals surface area contributed by atoms with Gasteiger partial charge in [-0.05, 0) is 61.1 Å². The van der Waals surface area contributed by atoms with Gasteiger partial charge in [0.05, 0.1) is 28.7 Å². The molecule has 3 heterocycles. The Labute approximate surface area is 256 Å². The first-order chi connectivity index (χ1) is 20.4. The number of hydrogen-bond donors (Lipinski definition) is 0. The number of cyclic esters (lactones) is 1. The van der Waals surface area contributed by atoms with E-state index in [4.69, 9.17) is 32.7 Å². The van der Waals surface area contributed by atoms with Crippen molar-refractivity contribution in [2.24, 2.45) is 0 Å². The predicted octanol–water partition coefficient (Wildman–Crippen LogP) is 6.48. The molecule has 0 aromatic heterocycles. The lowest BCUT2D eigenvalue weighted by Crippen LogP contribution is -2.58. The number of ether oxygens (including phenoxy) is 2. The summed E-state index contributed by atoms with van der Waals surface area (Å²) in [6, 6.07) is 25.7. The molecule has 6 rings (SSSR count). The number of piperidine rings is 1. The molecule has 0 spiro atoms. The van der Waals surface area contributed by atoms with E-state index < -0.39 is 11.1 Å². The third-order valence-electron chi connectivity index (χ3n) is 9.01. The van der Waals surface area contributed by atoms with Crippen molar-refractivity contribution < 1.29 is 19.1 Å². The average molecular weight is 609 g/mol. The van der Waals surface area contributed by atoms with E-state index in [9.17, 15) is 9.59 Å². The number of amides is 2. The molecule has 3 aliphatic heterocycles. The SMILES string of the molecule is O=C1COC(CCN2CCC(c3ccccc3)(N3CCCOC3=O)CC2)(c2ccc(Cl)c(Cl)c2)CN1c1ccccc1. The highest BCUT2D eigenvalue weighted by molar-refractivity contribution is 6.42. The number of carbonyl (C=O) groups is 2. The fraction of sp³-hybridized carbons (Fsp3) is 0.394. The van der Waals surface area contributed by atoms with Gasteiger partial charge in [-0.2, -0.15) is 0 Å². The van der Waals surface area contributed by atoms with Gasteiger partial charge in [0.25, 0.3) is 5.91 Å². The monoisotopic (exact) mass is 607 g/mol. The molecule has 3 aliphatic rings. The third-order valence-corrected chi connectivity index (χ3v) is 9.75. The van der Waals surface area contributed by atoms with Crippen LogP contribution in [-0.4, -0.2) is 67.7 Å². The fourth-order valence-electron chi connectivity index (χ4n) is 6.65. The summed E-state index contributed by atoms with van der Waals surface area (Å²) in [5.74, 6) is -0.0732. The molecule has 3 fully saturated rings. The van der Waals surface area contributed by atoms with Gasteiger partial charge >= 0.3 is 6.09 Å². The minimum atomic E-state index is -0.761. The van der Waals surface area contributed by atoms with Crippen molar-refractivity contribution in [2.45, 2.75) is 36.8 Å². The lowest BCUT2D eigenvalue weighted by atomic mass is 9.78. The van der Waals surface area contributed by atoms with Crippen molar-refractivity contribution in [1.29, 1.82) is 0 Å².